The molecule has 3 rings (SSSR count). The Morgan fingerprint density at radius 2 is 1.60 bits per heavy atom. The Morgan fingerprint density at radius 1 is 1.00 bits per heavy atom. The standard InChI is InChI=1S/C18H15N3O4/c1-2-25-12-9-7-11(8-10-12)19-18(24)21-20-15-16(22)13-5-3-4-6-14(13)17(15)23/h3-10H,2H2,1H3,(H2,19,21,24). The lowest BCUT2D eigenvalue weighted by Crippen LogP contribution is -2.36. The number of anilines is 1. The average Bonchev–Trinajstić information content (AvgIpc) is 2.86. The van der Waals surface area contributed by atoms with Crippen molar-refractivity contribution in [3.8, 4) is 5.75 Å². The Labute approximate surface area is 142 Å². The first-order valence-corrected chi connectivity index (χ1v) is 7.66. The second-order valence-electron chi connectivity index (χ2n) is 5.19. The van der Waals surface area contributed by atoms with E-state index in [4.69, 9.17) is 4.74 Å². The molecule has 0 saturated carbocycles. The third-order valence-corrected chi connectivity index (χ3v) is 3.54. The summed E-state index contributed by atoms with van der Waals surface area (Å²) in [6.07, 6.45) is 0. The van der Waals surface area contributed by atoms with Crippen molar-refractivity contribution in [3.63, 3.8) is 0 Å². The van der Waals surface area contributed by atoms with E-state index in [9.17, 15) is 14.4 Å². The summed E-state index contributed by atoms with van der Waals surface area (Å²) >= 11 is 0. The van der Waals surface area contributed by atoms with Gasteiger partial charge in [-0.05, 0) is 31.2 Å². The van der Waals surface area contributed by atoms with Crippen LogP contribution in [-0.4, -0.2) is 12.6 Å². The maximum absolute atomic E-state index is 12.1. The molecule has 0 spiro atoms. The number of benzene rings is 2. The largest absolute Gasteiger partial charge is 0.494 e. The number of fused-ring (bicyclic) bond motifs is 1. The number of carbonyl (C=O) groups excluding carboxylic acids is 1. The van der Waals surface area contributed by atoms with Crippen molar-refractivity contribution in [1.82, 2.24) is 5.43 Å². The third kappa shape index (κ3) is 3.40. The molecule has 0 aliphatic heterocycles. The first kappa shape index (κ1) is 16.4. The van der Waals surface area contributed by atoms with Crippen LogP contribution in [0.15, 0.2) is 63.2 Å². The molecule has 3 aromatic carbocycles. The van der Waals surface area contributed by atoms with Crippen molar-refractivity contribution in [1.29, 1.82) is 0 Å². The van der Waals surface area contributed by atoms with E-state index in [1.54, 1.807) is 48.5 Å². The third-order valence-electron chi connectivity index (χ3n) is 3.54. The van der Waals surface area contributed by atoms with Gasteiger partial charge in [-0.25, -0.2) is 10.2 Å². The molecule has 0 bridgehead atoms. The van der Waals surface area contributed by atoms with E-state index in [1.807, 2.05) is 6.92 Å². The molecule has 25 heavy (non-hydrogen) atoms. The van der Waals surface area contributed by atoms with Crippen LogP contribution in [0.1, 0.15) is 6.92 Å². The molecule has 2 amide bonds. The molecule has 0 unspecified atom stereocenters. The first-order chi connectivity index (χ1) is 12.1. The number of nitrogens with zero attached hydrogens (tertiary/aromatic N) is 1. The number of ether oxygens (including phenoxy) is 1. The Hall–Kier alpha value is -3.48. The van der Waals surface area contributed by atoms with Crippen LogP contribution in [0, 0.1) is 0 Å². The molecule has 7 heteroatoms. The van der Waals surface area contributed by atoms with E-state index >= 15 is 0 Å². The van der Waals surface area contributed by atoms with Crippen molar-refractivity contribution in [2.24, 2.45) is 5.10 Å². The fraction of sp³-hybridized carbons (Fsp3) is 0.111. The number of amides is 2. The summed E-state index contributed by atoms with van der Waals surface area (Å²) in [7, 11) is 0. The highest BCUT2D eigenvalue weighted by molar-refractivity contribution is 5.89. The topological polar surface area (TPSA) is 96.9 Å². The highest BCUT2D eigenvalue weighted by atomic mass is 16.5. The van der Waals surface area contributed by atoms with Crippen LogP contribution in [0.2, 0.25) is 0 Å². The van der Waals surface area contributed by atoms with Gasteiger partial charge in [0.2, 0.25) is 10.9 Å². The number of nitrogens with one attached hydrogen (secondary N) is 2. The molecule has 0 atom stereocenters. The first-order valence-electron chi connectivity index (χ1n) is 7.66. The molecule has 0 saturated heterocycles. The minimum atomic E-state index is -0.659. The molecule has 2 N–H and O–H groups in total. The number of hydrogen-bond donors (Lipinski definition) is 2. The Kier molecular flexibility index (Phi) is 4.56. The zero-order chi connectivity index (χ0) is 17.8. The predicted octanol–water partition coefficient (Wildman–Crippen LogP) is 1.47. The van der Waals surface area contributed by atoms with Gasteiger partial charge in [0.1, 0.15) is 5.75 Å². The lowest BCUT2D eigenvalue weighted by atomic mass is 10.2. The molecule has 7 nitrogen and oxygen atoms in total. The van der Waals surface area contributed by atoms with Crippen LogP contribution >= 0.6 is 0 Å². The lowest BCUT2D eigenvalue weighted by molar-refractivity contribution is 0.252. The molecule has 0 aliphatic carbocycles. The average molecular weight is 337 g/mol. The van der Waals surface area contributed by atoms with Crippen molar-refractivity contribution in [3.05, 3.63) is 74.3 Å². The van der Waals surface area contributed by atoms with E-state index in [1.165, 1.54) is 0 Å². The van der Waals surface area contributed by atoms with Crippen LogP contribution in [0.3, 0.4) is 0 Å². The monoisotopic (exact) mass is 337 g/mol. The van der Waals surface area contributed by atoms with Crippen LogP contribution in [0.5, 0.6) is 5.75 Å². The number of carbonyl (C=O) groups is 1. The van der Waals surface area contributed by atoms with Gasteiger partial charge >= 0.3 is 6.03 Å². The fourth-order valence-electron chi connectivity index (χ4n) is 2.41. The van der Waals surface area contributed by atoms with Gasteiger partial charge in [0.15, 0.2) is 5.36 Å². The number of hydrogen-bond acceptors (Lipinski definition) is 5. The zero-order valence-corrected chi connectivity index (χ0v) is 13.4. The minimum Gasteiger partial charge on any atom is -0.494 e. The maximum atomic E-state index is 12.1. The molecule has 0 fully saturated rings. The van der Waals surface area contributed by atoms with Gasteiger partial charge in [-0.3, -0.25) is 9.59 Å². The van der Waals surface area contributed by atoms with Crippen LogP contribution in [0.25, 0.3) is 10.8 Å². The smallest absolute Gasteiger partial charge is 0.339 e. The molecule has 126 valence electrons. The summed E-state index contributed by atoms with van der Waals surface area (Å²) in [6, 6.07) is 12.5. The van der Waals surface area contributed by atoms with Gasteiger partial charge in [-0.15, -0.1) is 0 Å². The Morgan fingerprint density at radius 3 is 2.16 bits per heavy atom. The Bertz CT molecular complexity index is 1010. The van der Waals surface area contributed by atoms with E-state index in [0.29, 0.717) is 28.8 Å². The molecular formula is C18H15N3O4. The molecule has 3 aromatic rings. The zero-order valence-electron chi connectivity index (χ0n) is 13.4. The van der Waals surface area contributed by atoms with Gasteiger partial charge in [0.05, 0.1) is 6.61 Å². The number of rotatable bonds is 4. The highest BCUT2D eigenvalue weighted by Crippen LogP contribution is 2.15. The van der Waals surface area contributed by atoms with Crippen LogP contribution < -0.4 is 31.7 Å². The Balaban J connectivity index is 1.77. The SMILES string of the molecule is CCOc1ccc(NC(=O)NN=c2c(=O)c3ccccc3c2=O)cc1. The summed E-state index contributed by atoms with van der Waals surface area (Å²) in [5, 5.41) is 6.51. The van der Waals surface area contributed by atoms with Gasteiger partial charge in [0.25, 0.3) is 0 Å². The summed E-state index contributed by atoms with van der Waals surface area (Å²) in [5.74, 6) is 0.689. The molecule has 0 heterocycles. The number of urea groups is 1. The van der Waals surface area contributed by atoms with E-state index < -0.39 is 16.9 Å². The van der Waals surface area contributed by atoms with Crippen LogP contribution in [0.4, 0.5) is 10.5 Å². The highest BCUT2D eigenvalue weighted by Gasteiger charge is 2.10. The summed E-state index contributed by atoms with van der Waals surface area (Å²) in [4.78, 5) is 36.2. The van der Waals surface area contributed by atoms with Crippen LogP contribution in [-0.2, 0) is 0 Å². The van der Waals surface area contributed by atoms with Gasteiger partial charge in [-0.2, -0.15) is 5.10 Å². The van der Waals surface area contributed by atoms with E-state index in [-0.39, 0.29) is 5.36 Å². The summed E-state index contributed by atoms with van der Waals surface area (Å²) in [6.45, 7) is 2.43. The van der Waals surface area contributed by atoms with E-state index in [2.05, 4.69) is 15.8 Å². The van der Waals surface area contributed by atoms with Gasteiger partial charge < -0.3 is 10.1 Å². The molecule has 0 aliphatic rings. The van der Waals surface area contributed by atoms with Crippen molar-refractivity contribution >= 4 is 22.5 Å². The van der Waals surface area contributed by atoms with Crippen molar-refractivity contribution in [2.75, 3.05) is 11.9 Å². The maximum Gasteiger partial charge on any atom is 0.339 e. The lowest BCUT2D eigenvalue weighted by Gasteiger charge is -2.06. The predicted molar refractivity (Wildman–Crippen MR) is 94.2 cm³/mol. The fourth-order valence-corrected chi connectivity index (χ4v) is 2.41. The quantitative estimate of drug-likeness (QED) is 0.705. The summed E-state index contributed by atoms with van der Waals surface area (Å²) in [5.41, 5.74) is 1.70. The van der Waals surface area contributed by atoms with Gasteiger partial charge in [-0.1, -0.05) is 24.3 Å². The normalized spacial score (nSPS) is 10.4. The van der Waals surface area contributed by atoms with Crippen molar-refractivity contribution in [2.45, 2.75) is 6.92 Å². The van der Waals surface area contributed by atoms with Gasteiger partial charge in [0, 0.05) is 16.5 Å². The molecule has 0 aromatic heterocycles. The second kappa shape index (κ2) is 6.96. The summed E-state index contributed by atoms with van der Waals surface area (Å²) < 4.78 is 5.31. The minimum absolute atomic E-state index is 0.292. The van der Waals surface area contributed by atoms with Crippen molar-refractivity contribution < 1.29 is 9.53 Å². The van der Waals surface area contributed by atoms with E-state index in [0.717, 1.165) is 0 Å². The molecule has 0 radical (unpaired) electrons. The molecular weight excluding hydrogens is 322 g/mol. The second-order valence-corrected chi connectivity index (χ2v) is 5.19.